The molecule has 0 aromatic carbocycles. The Labute approximate surface area is 155 Å². The Morgan fingerprint density at radius 2 is 1.92 bits per heavy atom. The van der Waals surface area contributed by atoms with Crippen molar-refractivity contribution >= 4 is 5.82 Å². The fraction of sp³-hybridized carbons (Fsp3) is 0.550. The fourth-order valence-electron chi connectivity index (χ4n) is 3.93. The van der Waals surface area contributed by atoms with Crippen LogP contribution in [0.15, 0.2) is 24.5 Å². The van der Waals surface area contributed by atoms with E-state index in [2.05, 4.69) is 45.7 Å². The van der Waals surface area contributed by atoms with Crippen molar-refractivity contribution in [2.75, 3.05) is 24.5 Å². The van der Waals surface area contributed by atoms with Gasteiger partial charge in [0.25, 0.3) is 0 Å². The smallest absolute Gasteiger partial charge is 0.128 e. The highest BCUT2D eigenvalue weighted by Gasteiger charge is 2.23. The summed E-state index contributed by atoms with van der Waals surface area (Å²) in [5.74, 6) is 1.91. The molecule has 0 saturated carbocycles. The van der Waals surface area contributed by atoms with Gasteiger partial charge in [0.15, 0.2) is 0 Å². The molecular formula is C20H27N5O. The molecule has 0 aliphatic carbocycles. The third-order valence-electron chi connectivity index (χ3n) is 5.09. The second kappa shape index (κ2) is 7.29. The number of fused-ring (bicyclic) bond motifs is 1. The maximum absolute atomic E-state index is 5.81. The van der Waals surface area contributed by atoms with Gasteiger partial charge in [0.05, 0.1) is 12.2 Å². The second-order valence-electron chi connectivity index (χ2n) is 7.54. The average molecular weight is 353 g/mol. The summed E-state index contributed by atoms with van der Waals surface area (Å²) in [6.07, 6.45) is 5.49. The standard InChI is InChI=1S/C20H27N5O/c1-14-10-25(11-15(2)26-14)20-5-4-17(8-22-20)12-24-7-6-19-18(13-24)9-21-16(3)23-19/h4-5,8-9,14-15H,6-7,10-13H2,1-3H3. The molecule has 6 nitrogen and oxygen atoms in total. The molecule has 1 fully saturated rings. The van der Waals surface area contributed by atoms with Crippen molar-refractivity contribution in [2.24, 2.45) is 0 Å². The molecule has 0 amide bonds. The van der Waals surface area contributed by atoms with E-state index in [9.17, 15) is 0 Å². The van der Waals surface area contributed by atoms with Gasteiger partial charge in [-0.2, -0.15) is 0 Å². The summed E-state index contributed by atoms with van der Waals surface area (Å²) in [6, 6.07) is 4.35. The first kappa shape index (κ1) is 17.4. The van der Waals surface area contributed by atoms with E-state index in [0.717, 1.165) is 50.8 Å². The van der Waals surface area contributed by atoms with Gasteiger partial charge in [0.1, 0.15) is 11.6 Å². The van der Waals surface area contributed by atoms with Crippen LogP contribution in [0, 0.1) is 6.92 Å². The Morgan fingerprint density at radius 1 is 1.12 bits per heavy atom. The summed E-state index contributed by atoms with van der Waals surface area (Å²) >= 11 is 0. The lowest BCUT2D eigenvalue weighted by atomic mass is 10.1. The summed E-state index contributed by atoms with van der Waals surface area (Å²) in [6.45, 7) is 10.9. The SMILES string of the molecule is Cc1ncc2c(n1)CCN(Cc1ccc(N3CC(C)OC(C)C3)nc1)C2. The van der Waals surface area contributed by atoms with Gasteiger partial charge in [0, 0.05) is 62.8 Å². The molecule has 0 spiro atoms. The Bertz CT molecular complexity index is 753. The van der Waals surface area contributed by atoms with Crippen molar-refractivity contribution in [3.05, 3.63) is 47.2 Å². The highest BCUT2D eigenvalue weighted by Crippen LogP contribution is 2.21. The largest absolute Gasteiger partial charge is 0.372 e. The number of rotatable bonds is 3. The monoisotopic (exact) mass is 353 g/mol. The molecule has 0 bridgehead atoms. The molecule has 6 heteroatoms. The number of aryl methyl sites for hydroxylation is 1. The number of morpholine rings is 1. The second-order valence-corrected chi connectivity index (χ2v) is 7.54. The van der Waals surface area contributed by atoms with Crippen LogP contribution < -0.4 is 4.90 Å². The average Bonchev–Trinajstić information content (AvgIpc) is 2.62. The molecular weight excluding hydrogens is 326 g/mol. The van der Waals surface area contributed by atoms with Crippen LogP contribution in [0.2, 0.25) is 0 Å². The summed E-state index contributed by atoms with van der Waals surface area (Å²) in [5, 5.41) is 0. The number of hydrogen-bond donors (Lipinski definition) is 0. The van der Waals surface area contributed by atoms with Gasteiger partial charge in [-0.3, -0.25) is 4.90 Å². The third-order valence-corrected chi connectivity index (χ3v) is 5.09. The molecule has 2 aliphatic heterocycles. The van der Waals surface area contributed by atoms with Gasteiger partial charge in [-0.1, -0.05) is 6.07 Å². The zero-order valence-corrected chi connectivity index (χ0v) is 15.9. The molecule has 4 heterocycles. The maximum atomic E-state index is 5.81. The summed E-state index contributed by atoms with van der Waals surface area (Å²) in [4.78, 5) is 18.4. The van der Waals surface area contributed by atoms with E-state index in [1.807, 2.05) is 19.3 Å². The van der Waals surface area contributed by atoms with Crippen LogP contribution in [-0.4, -0.2) is 51.7 Å². The number of anilines is 1. The van der Waals surface area contributed by atoms with E-state index in [-0.39, 0.29) is 12.2 Å². The van der Waals surface area contributed by atoms with Crippen LogP contribution in [0.4, 0.5) is 5.82 Å². The lowest BCUT2D eigenvalue weighted by Gasteiger charge is -2.36. The van der Waals surface area contributed by atoms with Gasteiger partial charge in [-0.25, -0.2) is 15.0 Å². The van der Waals surface area contributed by atoms with Gasteiger partial charge in [0.2, 0.25) is 0 Å². The number of pyridine rings is 1. The predicted octanol–water partition coefficient (Wildman–Crippen LogP) is 2.35. The van der Waals surface area contributed by atoms with Gasteiger partial charge in [-0.05, 0) is 32.4 Å². The van der Waals surface area contributed by atoms with E-state index in [0.29, 0.717) is 0 Å². The Morgan fingerprint density at radius 3 is 2.65 bits per heavy atom. The topological polar surface area (TPSA) is 54.4 Å². The van der Waals surface area contributed by atoms with Crippen molar-refractivity contribution in [2.45, 2.75) is 52.5 Å². The zero-order chi connectivity index (χ0) is 18.1. The van der Waals surface area contributed by atoms with Crippen LogP contribution in [0.5, 0.6) is 0 Å². The van der Waals surface area contributed by atoms with Gasteiger partial charge >= 0.3 is 0 Å². The highest BCUT2D eigenvalue weighted by molar-refractivity contribution is 5.40. The first-order chi connectivity index (χ1) is 12.6. The van der Waals surface area contributed by atoms with Crippen molar-refractivity contribution in [3.63, 3.8) is 0 Å². The van der Waals surface area contributed by atoms with Crippen LogP contribution >= 0.6 is 0 Å². The normalized spacial score (nSPS) is 23.7. The quantitative estimate of drug-likeness (QED) is 0.844. The predicted molar refractivity (Wildman–Crippen MR) is 101 cm³/mol. The minimum atomic E-state index is 0.250. The first-order valence-electron chi connectivity index (χ1n) is 9.46. The summed E-state index contributed by atoms with van der Waals surface area (Å²) < 4.78 is 5.81. The molecule has 2 atom stereocenters. The molecule has 2 unspecified atom stereocenters. The van der Waals surface area contributed by atoms with Crippen LogP contribution in [0.25, 0.3) is 0 Å². The minimum absolute atomic E-state index is 0.250. The number of nitrogens with zero attached hydrogens (tertiary/aromatic N) is 5. The first-order valence-corrected chi connectivity index (χ1v) is 9.46. The van der Waals surface area contributed by atoms with Crippen molar-refractivity contribution in [3.8, 4) is 0 Å². The summed E-state index contributed by atoms with van der Waals surface area (Å²) in [7, 11) is 0. The Hall–Kier alpha value is -2.05. The lowest BCUT2D eigenvalue weighted by Crippen LogP contribution is -2.45. The van der Waals surface area contributed by atoms with Crippen LogP contribution in [0.1, 0.15) is 36.5 Å². The lowest BCUT2D eigenvalue weighted by molar-refractivity contribution is -0.00546. The fourth-order valence-corrected chi connectivity index (χ4v) is 3.93. The Balaban J connectivity index is 1.39. The van der Waals surface area contributed by atoms with E-state index >= 15 is 0 Å². The molecule has 2 aromatic rings. The number of hydrogen-bond acceptors (Lipinski definition) is 6. The highest BCUT2D eigenvalue weighted by atomic mass is 16.5. The number of aromatic nitrogens is 3. The van der Waals surface area contributed by atoms with Gasteiger partial charge in [-0.15, -0.1) is 0 Å². The van der Waals surface area contributed by atoms with Crippen LogP contribution in [-0.2, 0) is 24.2 Å². The Kier molecular flexibility index (Phi) is 4.87. The van der Waals surface area contributed by atoms with Crippen LogP contribution in [0.3, 0.4) is 0 Å². The molecule has 1 saturated heterocycles. The number of ether oxygens (including phenoxy) is 1. The van der Waals surface area contributed by atoms with E-state index in [1.54, 1.807) is 0 Å². The van der Waals surface area contributed by atoms with E-state index in [4.69, 9.17) is 9.72 Å². The zero-order valence-electron chi connectivity index (χ0n) is 15.9. The molecule has 4 rings (SSSR count). The molecule has 138 valence electrons. The van der Waals surface area contributed by atoms with E-state index in [1.165, 1.54) is 16.8 Å². The van der Waals surface area contributed by atoms with Gasteiger partial charge < -0.3 is 9.64 Å². The molecule has 0 radical (unpaired) electrons. The molecule has 26 heavy (non-hydrogen) atoms. The van der Waals surface area contributed by atoms with Crippen molar-refractivity contribution in [1.29, 1.82) is 0 Å². The third kappa shape index (κ3) is 3.86. The summed E-state index contributed by atoms with van der Waals surface area (Å²) in [5.41, 5.74) is 3.71. The van der Waals surface area contributed by atoms with Crippen molar-refractivity contribution in [1.82, 2.24) is 19.9 Å². The molecule has 0 N–H and O–H groups in total. The molecule has 2 aliphatic rings. The molecule has 2 aromatic heterocycles. The maximum Gasteiger partial charge on any atom is 0.128 e. The minimum Gasteiger partial charge on any atom is -0.372 e. The van der Waals surface area contributed by atoms with Crippen molar-refractivity contribution < 1.29 is 4.74 Å². The van der Waals surface area contributed by atoms with E-state index < -0.39 is 0 Å².